The van der Waals surface area contributed by atoms with Crippen LogP contribution in [0.4, 0.5) is 0 Å². The van der Waals surface area contributed by atoms with E-state index in [2.05, 4.69) is 10.2 Å². The molecule has 7 heteroatoms. The van der Waals surface area contributed by atoms with E-state index in [0.29, 0.717) is 49.0 Å². The molecule has 3 rings (SSSR count). The molecule has 0 unspecified atom stereocenters. The van der Waals surface area contributed by atoms with Crippen LogP contribution in [-0.4, -0.2) is 67.5 Å². The van der Waals surface area contributed by atoms with Gasteiger partial charge in [-0.25, -0.2) is 0 Å². The van der Waals surface area contributed by atoms with E-state index in [4.69, 9.17) is 16.3 Å². The summed E-state index contributed by atoms with van der Waals surface area (Å²) in [5.74, 6) is 0.627. The zero-order valence-corrected chi connectivity index (χ0v) is 18.0. The quantitative estimate of drug-likeness (QED) is 0.700. The molecular formula is C23H28ClN3O3. The van der Waals surface area contributed by atoms with E-state index in [-0.39, 0.29) is 11.8 Å². The van der Waals surface area contributed by atoms with Gasteiger partial charge in [0, 0.05) is 51.3 Å². The number of ether oxygens (including phenoxy) is 1. The Kier molecular flexibility index (Phi) is 8.11. The summed E-state index contributed by atoms with van der Waals surface area (Å²) in [6, 6.07) is 14.9. The Balaban J connectivity index is 1.32. The van der Waals surface area contributed by atoms with Gasteiger partial charge in [0.2, 0.25) is 5.91 Å². The van der Waals surface area contributed by atoms with Crippen LogP contribution < -0.4 is 10.1 Å². The fourth-order valence-corrected chi connectivity index (χ4v) is 3.59. The van der Waals surface area contributed by atoms with Crippen molar-refractivity contribution in [1.29, 1.82) is 0 Å². The number of carbonyl (C=O) groups excluding carboxylic acids is 2. The lowest BCUT2D eigenvalue weighted by Crippen LogP contribution is -2.50. The number of benzene rings is 2. The van der Waals surface area contributed by atoms with Crippen LogP contribution in [0.15, 0.2) is 48.5 Å². The van der Waals surface area contributed by atoms with Crippen LogP contribution in [0.25, 0.3) is 0 Å². The third-order valence-corrected chi connectivity index (χ3v) is 5.44. The number of amides is 2. The lowest BCUT2D eigenvalue weighted by atomic mass is 10.1. The maximum atomic E-state index is 12.4. The molecular weight excluding hydrogens is 402 g/mol. The molecule has 2 amide bonds. The molecule has 2 aromatic carbocycles. The number of nitrogens with zero attached hydrogens (tertiary/aromatic N) is 2. The van der Waals surface area contributed by atoms with Gasteiger partial charge in [0.1, 0.15) is 12.4 Å². The van der Waals surface area contributed by atoms with Crippen LogP contribution in [0.3, 0.4) is 0 Å². The summed E-state index contributed by atoms with van der Waals surface area (Å²) in [7, 11) is 0. The van der Waals surface area contributed by atoms with Crippen molar-refractivity contribution in [3.63, 3.8) is 0 Å². The van der Waals surface area contributed by atoms with Gasteiger partial charge < -0.3 is 15.0 Å². The molecule has 1 aliphatic rings. The summed E-state index contributed by atoms with van der Waals surface area (Å²) < 4.78 is 5.74. The molecule has 30 heavy (non-hydrogen) atoms. The van der Waals surface area contributed by atoms with E-state index in [0.717, 1.165) is 25.2 Å². The Morgan fingerprint density at radius 3 is 2.57 bits per heavy atom. The van der Waals surface area contributed by atoms with Crippen molar-refractivity contribution < 1.29 is 14.3 Å². The number of hydrogen-bond donors (Lipinski definition) is 1. The minimum atomic E-state index is -0.144. The molecule has 0 radical (unpaired) electrons. The van der Waals surface area contributed by atoms with Gasteiger partial charge >= 0.3 is 0 Å². The molecule has 0 spiro atoms. The largest absolute Gasteiger partial charge is 0.491 e. The third-order valence-electron chi connectivity index (χ3n) is 5.13. The van der Waals surface area contributed by atoms with Crippen molar-refractivity contribution >= 4 is 23.4 Å². The lowest BCUT2D eigenvalue weighted by molar-refractivity contribution is -0.132. The molecule has 0 aliphatic carbocycles. The van der Waals surface area contributed by atoms with Gasteiger partial charge in [-0.05, 0) is 31.2 Å². The summed E-state index contributed by atoms with van der Waals surface area (Å²) in [6.45, 7) is 6.65. The second kappa shape index (κ2) is 11.0. The molecule has 1 saturated heterocycles. The number of para-hydroxylation sites is 1. The predicted molar refractivity (Wildman–Crippen MR) is 118 cm³/mol. The Morgan fingerprint density at radius 1 is 1.07 bits per heavy atom. The summed E-state index contributed by atoms with van der Waals surface area (Å²) in [6.07, 6.45) is 0.313. The van der Waals surface area contributed by atoms with Crippen molar-refractivity contribution in [2.75, 3.05) is 45.9 Å². The smallest absolute Gasteiger partial charge is 0.251 e. The van der Waals surface area contributed by atoms with E-state index in [1.807, 2.05) is 54.3 Å². The Hall–Kier alpha value is -2.57. The Morgan fingerprint density at radius 2 is 1.83 bits per heavy atom. The lowest BCUT2D eigenvalue weighted by Gasteiger charge is -2.34. The first kappa shape index (κ1) is 22.1. The van der Waals surface area contributed by atoms with E-state index >= 15 is 0 Å². The molecule has 0 aromatic heterocycles. The minimum Gasteiger partial charge on any atom is -0.491 e. The highest BCUT2D eigenvalue weighted by Gasteiger charge is 2.21. The highest BCUT2D eigenvalue weighted by Crippen LogP contribution is 2.22. The Labute approximate surface area is 182 Å². The average Bonchev–Trinajstić information content (AvgIpc) is 2.75. The first-order valence-corrected chi connectivity index (χ1v) is 10.6. The molecule has 0 atom stereocenters. The fourth-order valence-electron chi connectivity index (χ4n) is 3.40. The summed E-state index contributed by atoms with van der Waals surface area (Å²) in [5, 5.41) is 3.44. The zero-order valence-electron chi connectivity index (χ0n) is 17.3. The topological polar surface area (TPSA) is 61.9 Å². The maximum Gasteiger partial charge on any atom is 0.251 e. The van der Waals surface area contributed by atoms with Crippen LogP contribution in [0.1, 0.15) is 22.3 Å². The molecule has 2 aromatic rings. The molecule has 1 aliphatic heterocycles. The Bertz CT molecular complexity index is 866. The van der Waals surface area contributed by atoms with E-state index < -0.39 is 0 Å². The van der Waals surface area contributed by atoms with E-state index in [9.17, 15) is 9.59 Å². The van der Waals surface area contributed by atoms with E-state index in [1.54, 1.807) is 6.07 Å². The molecule has 1 fully saturated rings. The molecule has 6 nitrogen and oxygen atoms in total. The van der Waals surface area contributed by atoms with Gasteiger partial charge in [0.25, 0.3) is 5.91 Å². The molecule has 160 valence electrons. The summed E-state index contributed by atoms with van der Waals surface area (Å²) in [4.78, 5) is 28.7. The first-order chi connectivity index (χ1) is 14.5. The van der Waals surface area contributed by atoms with Gasteiger partial charge in [0.05, 0.1) is 5.02 Å². The van der Waals surface area contributed by atoms with Crippen LogP contribution in [-0.2, 0) is 4.79 Å². The van der Waals surface area contributed by atoms with Gasteiger partial charge in [-0.1, -0.05) is 41.4 Å². The number of aryl methyl sites for hydroxylation is 1. The highest BCUT2D eigenvalue weighted by atomic mass is 35.5. The van der Waals surface area contributed by atoms with Crippen molar-refractivity contribution in [2.24, 2.45) is 0 Å². The van der Waals surface area contributed by atoms with Gasteiger partial charge in [-0.2, -0.15) is 0 Å². The normalized spacial score (nSPS) is 14.4. The maximum absolute atomic E-state index is 12.4. The fraction of sp³-hybridized carbons (Fsp3) is 0.391. The highest BCUT2D eigenvalue weighted by molar-refractivity contribution is 6.32. The molecule has 0 bridgehead atoms. The number of carbonyl (C=O) groups is 2. The van der Waals surface area contributed by atoms with Crippen LogP contribution in [0.5, 0.6) is 5.75 Å². The summed E-state index contributed by atoms with van der Waals surface area (Å²) >= 11 is 6.09. The van der Waals surface area contributed by atoms with Gasteiger partial charge in [-0.3, -0.25) is 14.5 Å². The average molecular weight is 430 g/mol. The van der Waals surface area contributed by atoms with Crippen molar-refractivity contribution in [3.05, 3.63) is 64.7 Å². The monoisotopic (exact) mass is 429 g/mol. The van der Waals surface area contributed by atoms with Crippen molar-refractivity contribution in [3.8, 4) is 5.75 Å². The SMILES string of the molecule is Cc1cccc(C(=O)NCCC(=O)N2CCN(CCOc3ccccc3Cl)CC2)c1. The number of halogens is 1. The first-order valence-electron chi connectivity index (χ1n) is 10.3. The number of piperazine rings is 1. The number of hydrogen-bond acceptors (Lipinski definition) is 4. The molecule has 1 heterocycles. The van der Waals surface area contributed by atoms with Crippen molar-refractivity contribution in [2.45, 2.75) is 13.3 Å². The van der Waals surface area contributed by atoms with Crippen LogP contribution in [0.2, 0.25) is 5.02 Å². The van der Waals surface area contributed by atoms with Gasteiger partial charge in [0.15, 0.2) is 0 Å². The van der Waals surface area contributed by atoms with Crippen LogP contribution >= 0.6 is 11.6 Å². The molecule has 1 N–H and O–H groups in total. The predicted octanol–water partition coefficient (Wildman–Crippen LogP) is 2.99. The zero-order chi connectivity index (χ0) is 21.3. The third kappa shape index (κ3) is 6.47. The standard InChI is InChI=1S/C23H28ClN3O3/c1-18-5-4-6-19(17-18)23(29)25-10-9-22(28)27-13-11-26(12-14-27)15-16-30-21-8-3-2-7-20(21)24/h2-8,17H,9-16H2,1H3,(H,25,29). The van der Waals surface area contributed by atoms with E-state index in [1.165, 1.54) is 0 Å². The van der Waals surface area contributed by atoms with Crippen molar-refractivity contribution in [1.82, 2.24) is 15.1 Å². The number of rotatable bonds is 8. The number of nitrogens with one attached hydrogen (secondary N) is 1. The molecule has 0 saturated carbocycles. The second-order valence-corrected chi connectivity index (χ2v) is 7.78. The summed E-state index contributed by atoms with van der Waals surface area (Å²) in [5.41, 5.74) is 1.66. The second-order valence-electron chi connectivity index (χ2n) is 7.38. The minimum absolute atomic E-state index is 0.0755. The van der Waals surface area contributed by atoms with Gasteiger partial charge in [-0.15, -0.1) is 0 Å². The van der Waals surface area contributed by atoms with Crippen LogP contribution in [0, 0.1) is 6.92 Å².